The largest absolute Gasteiger partial charge is 0.352 e. The van der Waals surface area contributed by atoms with E-state index in [4.69, 9.17) is 0 Å². The van der Waals surface area contributed by atoms with Gasteiger partial charge in [0.05, 0.1) is 4.90 Å². The lowest BCUT2D eigenvalue weighted by molar-refractivity contribution is -0.126. The number of hydrogen-bond acceptors (Lipinski definition) is 4. The number of nitrogens with one attached hydrogen (secondary N) is 3. The molecule has 1 aromatic rings. The minimum atomic E-state index is -3.64. The lowest BCUT2D eigenvalue weighted by Gasteiger charge is -2.31. The Kier molecular flexibility index (Phi) is 5.67. The molecule has 7 heteroatoms. The van der Waals surface area contributed by atoms with Crippen molar-refractivity contribution in [3.8, 4) is 0 Å². The minimum absolute atomic E-state index is 0.0440. The minimum Gasteiger partial charge on any atom is -0.352 e. The van der Waals surface area contributed by atoms with Gasteiger partial charge in [-0.1, -0.05) is 25.1 Å². The molecule has 2 rings (SSSR count). The average molecular weight is 353 g/mol. The second-order valence-corrected chi connectivity index (χ2v) is 9.04. The van der Waals surface area contributed by atoms with Crippen molar-refractivity contribution < 1.29 is 13.2 Å². The molecule has 1 heterocycles. The average Bonchev–Trinajstić information content (AvgIpc) is 2.40. The second-order valence-electron chi connectivity index (χ2n) is 7.39. The van der Waals surface area contributed by atoms with E-state index in [1.54, 1.807) is 45.0 Å². The van der Waals surface area contributed by atoms with E-state index < -0.39 is 15.6 Å². The van der Waals surface area contributed by atoms with E-state index in [2.05, 4.69) is 15.4 Å². The molecule has 1 amide bonds. The topological polar surface area (TPSA) is 87.3 Å². The highest BCUT2D eigenvalue weighted by molar-refractivity contribution is 7.89. The third kappa shape index (κ3) is 4.78. The van der Waals surface area contributed by atoms with Crippen LogP contribution in [0.4, 0.5) is 0 Å². The summed E-state index contributed by atoms with van der Waals surface area (Å²) in [6, 6.07) is 6.75. The summed E-state index contributed by atoms with van der Waals surface area (Å²) < 4.78 is 27.8. The zero-order valence-electron chi connectivity index (χ0n) is 14.7. The predicted molar refractivity (Wildman–Crippen MR) is 93.9 cm³/mol. The Labute approximate surface area is 144 Å². The highest BCUT2D eigenvalue weighted by Gasteiger charge is 2.29. The van der Waals surface area contributed by atoms with Gasteiger partial charge in [-0.25, -0.2) is 13.1 Å². The molecule has 1 aromatic carbocycles. The molecule has 1 saturated heterocycles. The van der Waals surface area contributed by atoms with Gasteiger partial charge in [0.25, 0.3) is 0 Å². The van der Waals surface area contributed by atoms with Crippen LogP contribution in [-0.2, 0) is 21.4 Å². The molecule has 134 valence electrons. The van der Waals surface area contributed by atoms with E-state index in [9.17, 15) is 13.2 Å². The van der Waals surface area contributed by atoms with E-state index >= 15 is 0 Å². The van der Waals surface area contributed by atoms with E-state index in [1.165, 1.54) is 0 Å². The maximum atomic E-state index is 12.6. The van der Waals surface area contributed by atoms with Crippen LogP contribution >= 0.6 is 0 Å². The first kappa shape index (κ1) is 18.9. The van der Waals surface area contributed by atoms with Gasteiger partial charge in [-0.2, -0.15) is 0 Å². The number of amides is 1. The van der Waals surface area contributed by atoms with Crippen LogP contribution in [0.3, 0.4) is 0 Å². The molecule has 0 aliphatic carbocycles. The van der Waals surface area contributed by atoms with Crippen LogP contribution in [0.5, 0.6) is 0 Å². The summed E-state index contributed by atoms with van der Waals surface area (Å²) in [5, 5.41) is 6.02. The van der Waals surface area contributed by atoms with Gasteiger partial charge in [0.2, 0.25) is 15.9 Å². The van der Waals surface area contributed by atoms with Gasteiger partial charge in [0, 0.05) is 18.0 Å². The molecular weight excluding hydrogens is 326 g/mol. The lowest BCUT2D eigenvalue weighted by atomic mass is 9.88. The van der Waals surface area contributed by atoms with Crippen molar-refractivity contribution in [1.82, 2.24) is 15.4 Å². The van der Waals surface area contributed by atoms with Crippen molar-refractivity contribution in [1.29, 1.82) is 0 Å². The zero-order chi connectivity index (χ0) is 18.0. The molecule has 0 bridgehead atoms. The van der Waals surface area contributed by atoms with Crippen molar-refractivity contribution >= 4 is 15.9 Å². The zero-order valence-corrected chi connectivity index (χ0v) is 15.5. The fraction of sp³-hybridized carbons (Fsp3) is 0.588. The Bertz CT molecular complexity index is 691. The first-order valence-electron chi connectivity index (χ1n) is 8.20. The summed E-state index contributed by atoms with van der Waals surface area (Å²) in [7, 11) is -3.64. The van der Waals surface area contributed by atoms with Gasteiger partial charge in [-0.05, 0) is 51.4 Å². The Morgan fingerprint density at radius 3 is 2.46 bits per heavy atom. The van der Waals surface area contributed by atoms with Crippen LogP contribution in [0.2, 0.25) is 0 Å². The number of benzene rings is 1. The Hall–Kier alpha value is -1.44. The summed E-state index contributed by atoms with van der Waals surface area (Å²) in [5.41, 5.74) is 0.0162. The van der Waals surface area contributed by atoms with Crippen LogP contribution in [0.1, 0.15) is 33.3 Å². The Morgan fingerprint density at radius 2 is 1.92 bits per heavy atom. The van der Waals surface area contributed by atoms with Gasteiger partial charge >= 0.3 is 0 Å². The molecule has 0 spiro atoms. The van der Waals surface area contributed by atoms with Crippen LogP contribution in [-0.4, -0.2) is 33.0 Å². The summed E-state index contributed by atoms with van der Waals surface area (Å²) in [6.07, 6.45) is 0. The Morgan fingerprint density at radius 1 is 1.29 bits per heavy atom. The van der Waals surface area contributed by atoms with Crippen LogP contribution < -0.4 is 15.4 Å². The van der Waals surface area contributed by atoms with E-state index in [-0.39, 0.29) is 23.3 Å². The van der Waals surface area contributed by atoms with E-state index in [1.807, 2.05) is 6.92 Å². The molecule has 1 fully saturated rings. The van der Waals surface area contributed by atoms with Crippen molar-refractivity contribution in [3.05, 3.63) is 29.8 Å². The fourth-order valence-electron chi connectivity index (χ4n) is 2.59. The van der Waals surface area contributed by atoms with Crippen LogP contribution in [0.25, 0.3) is 0 Å². The highest BCUT2D eigenvalue weighted by Crippen LogP contribution is 2.19. The van der Waals surface area contributed by atoms with Crippen molar-refractivity contribution in [2.75, 3.05) is 13.1 Å². The predicted octanol–water partition coefficient (Wildman–Crippen LogP) is 1.24. The molecule has 1 aliphatic heterocycles. The summed E-state index contributed by atoms with van der Waals surface area (Å²) in [6.45, 7) is 9.20. The molecule has 0 aromatic heterocycles. The second kappa shape index (κ2) is 7.21. The summed E-state index contributed by atoms with van der Waals surface area (Å²) >= 11 is 0. The van der Waals surface area contributed by atoms with Gasteiger partial charge in [-0.15, -0.1) is 0 Å². The molecular formula is C17H27N3O3S. The molecule has 0 radical (unpaired) electrons. The molecule has 0 saturated carbocycles. The number of hydrogen-bond donors (Lipinski definition) is 3. The van der Waals surface area contributed by atoms with Crippen molar-refractivity contribution in [2.24, 2.45) is 11.8 Å². The van der Waals surface area contributed by atoms with Crippen LogP contribution in [0, 0.1) is 11.8 Å². The smallest absolute Gasteiger partial charge is 0.241 e. The first-order chi connectivity index (χ1) is 11.1. The maximum Gasteiger partial charge on any atom is 0.241 e. The lowest BCUT2D eigenvalue weighted by Crippen LogP contribution is -2.49. The van der Waals surface area contributed by atoms with E-state index in [0.717, 1.165) is 13.1 Å². The fourth-order valence-corrected chi connectivity index (χ4v) is 4.25. The summed E-state index contributed by atoms with van der Waals surface area (Å²) in [5.74, 6) is 0.228. The number of rotatable bonds is 6. The molecule has 1 unspecified atom stereocenters. The molecule has 1 atom stereocenters. The van der Waals surface area contributed by atoms with Gasteiger partial charge < -0.3 is 10.6 Å². The molecule has 24 heavy (non-hydrogen) atoms. The van der Waals surface area contributed by atoms with Gasteiger partial charge in [-0.3, -0.25) is 4.79 Å². The third-order valence-corrected chi connectivity index (χ3v) is 5.95. The summed E-state index contributed by atoms with van der Waals surface area (Å²) in [4.78, 5) is 12.4. The number of sulfonamides is 1. The van der Waals surface area contributed by atoms with Gasteiger partial charge in [0.1, 0.15) is 0 Å². The number of carbonyl (C=O) groups excluding carboxylic acids is 1. The molecule has 3 N–H and O–H groups in total. The van der Waals surface area contributed by atoms with Crippen molar-refractivity contribution in [3.63, 3.8) is 0 Å². The maximum absolute atomic E-state index is 12.6. The monoisotopic (exact) mass is 353 g/mol. The number of carbonyl (C=O) groups is 1. The van der Waals surface area contributed by atoms with Crippen molar-refractivity contribution in [2.45, 2.75) is 44.7 Å². The van der Waals surface area contributed by atoms with E-state index in [0.29, 0.717) is 11.5 Å². The first-order valence-corrected chi connectivity index (χ1v) is 9.69. The normalized spacial score (nSPS) is 17.2. The van der Waals surface area contributed by atoms with Crippen LogP contribution in [0.15, 0.2) is 29.2 Å². The third-order valence-electron chi connectivity index (χ3n) is 4.09. The molecule has 1 aliphatic rings. The highest BCUT2D eigenvalue weighted by atomic mass is 32.2. The SMILES string of the molecule is CC(C(=O)NCc1ccccc1S(=O)(=O)NC(C)(C)C)C1CNC1. The Balaban J connectivity index is 2.10. The standard InChI is InChI=1S/C17H27N3O3S/c1-12(14-9-18-10-14)16(21)19-11-13-7-5-6-8-15(13)24(22,23)20-17(2,3)4/h5-8,12,14,18,20H,9-11H2,1-4H3,(H,19,21). The van der Waals surface area contributed by atoms with Gasteiger partial charge in [0.15, 0.2) is 0 Å². The quantitative estimate of drug-likeness (QED) is 0.718. The molecule has 6 nitrogen and oxygen atoms in total.